The van der Waals surface area contributed by atoms with Crippen molar-refractivity contribution >= 4 is 17.8 Å². The first kappa shape index (κ1) is 14.7. The van der Waals surface area contributed by atoms with E-state index in [1.165, 1.54) is 18.0 Å². The number of pyridine rings is 1. The number of Topliss-reactive ketones (excluding diaryl/α,β-unsaturated/α-hetero) is 1. The van der Waals surface area contributed by atoms with Gasteiger partial charge in [0.2, 0.25) is 0 Å². The Balaban J connectivity index is 2.19. The van der Waals surface area contributed by atoms with Gasteiger partial charge in [0.05, 0.1) is 12.2 Å². The number of hydrogen-bond donors (Lipinski definition) is 1. The van der Waals surface area contributed by atoms with Crippen LogP contribution in [-0.4, -0.2) is 40.3 Å². The van der Waals surface area contributed by atoms with E-state index in [1.807, 2.05) is 31.2 Å². The van der Waals surface area contributed by atoms with Crippen molar-refractivity contribution in [2.75, 3.05) is 13.6 Å². The molecule has 1 aliphatic rings. The number of aliphatic hydroxyl groups is 1. The molecule has 1 aliphatic heterocycles. The smallest absolute Gasteiger partial charge is 0.261 e. The third kappa shape index (κ3) is 3.45. The number of allylic oxidation sites excluding steroid dienone is 3. The van der Waals surface area contributed by atoms with Crippen molar-refractivity contribution in [3.8, 4) is 0 Å². The summed E-state index contributed by atoms with van der Waals surface area (Å²) in [5.74, 6) is -1.12. The summed E-state index contributed by atoms with van der Waals surface area (Å²) in [4.78, 5) is 28.8. The Hall–Kier alpha value is -2.69. The zero-order chi connectivity index (χ0) is 15.4. The Bertz CT molecular complexity index is 657. The summed E-state index contributed by atoms with van der Waals surface area (Å²) in [6, 6.07) is 5.56. The first-order valence-electron chi connectivity index (χ1n) is 6.48. The Morgan fingerprint density at radius 3 is 2.67 bits per heavy atom. The molecule has 1 N–H and O–H groups in total. The maximum atomic E-state index is 11.7. The SMILES string of the molecule is CC(/C=C/C(O)=C1\C(=O)CN(C)C1=O)=C\c1ccccn1. The van der Waals surface area contributed by atoms with Gasteiger partial charge in [-0.25, -0.2) is 0 Å². The lowest BCUT2D eigenvalue weighted by Gasteiger charge is -2.03. The molecular formula is C16H16N2O3. The molecule has 5 nitrogen and oxygen atoms in total. The molecule has 2 rings (SSSR count). The molecule has 0 aromatic carbocycles. The van der Waals surface area contributed by atoms with Gasteiger partial charge in [0.15, 0.2) is 5.78 Å². The van der Waals surface area contributed by atoms with Gasteiger partial charge in [0.25, 0.3) is 5.91 Å². The fraction of sp³-hybridized carbons (Fsp3) is 0.188. The van der Waals surface area contributed by atoms with Crippen LogP contribution in [0.1, 0.15) is 12.6 Å². The number of nitrogens with zero attached hydrogens (tertiary/aromatic N) is 2. The Kier molecular flexibility index (Phi) is 4.33. The number of likely N-dealkylation sites (tertiary alicyclic amines) is 1. The van der Waals surface area contributed by atoms with Crippen LogP contribution in [0.15, 0.2) is 53.5 Å². The summed E-state index contributed by atoms with van der Waals surface area (Å²) in [7, 11) is 1.52. The van der Waals surface area contributed by atoms with Crippen molar-refractivity contribution in [2.24, 2.45) is 0 Å². The number of likely N-dealkylation sites (N-methyl/N-ethyl adjacent to an activating group) is 1. The second kappa shape index (κ2) is 6.17. The molecular weight excluding hydrogens is 268 g/mol. The molecule has 0 radical (unpaired) electrons. The molecule has 108 valence electrons. The second-order valence-electron chi connectivity index (χ2n) is 4.82. The Morgan fingerprint density at radius 2 is 2.10 bits per heavy atom. The van der Waals surface area contributed by atoms with Crippen LogP contribution in [0.25, 0.3) is 6.08 Å². The molecule has 0 unspecified atom stereocenters. The number of amides is 1. The number of carbonyl (C=O) groups excluding carboxylic acids is 2. The van der Waals surface area contributed by atoms with E-state index in [0.717, 1.165) is 11.3 Å². The topological polar surface area (TPSA) is 70.5 Å². The van der Waals surface area contributed by atoms with Gasteiger partial charge in [-0.2, -0.15) is 0 Å². The average molecular weight is 284 g/mol. The van der Waals surface area contributed by atoms with Crippen LogP contribution in [0, 0.1) is 0 Å². The number of rotatable bonds is 3. The van der Waals surface area contributed by atoms with Crippen molar-refractivity contribution in [2.45, 2.75) is 6.92 Å². The first-order chi connectivity index (χ1) is 9.99. The highest BCUT2D eigenvalue weighted by Gasteiger charge is 2.33. The van der Waals surface area contributed by atoms with Crippen LogP contribution >= 0.6 is 0 Å². The number of carbonyl (C=O) groups is 2. The van der Waals surface area contributed by atoms with Crippen LogP contribution in [0.5, 0.6) is 0 Å². The van der Waals surface area contributed by atoms with E-state index in [2.05, 4.69) is 4.98 Å². The van der Waals surface area contributed by atoms with E-state index in [4.69, 9.17) is 0 Å². The van der Waals surface area contributed by atoms with Crippen molar-refractivity contribution in [3.05, 3.63) is 59.1 Å². The van der Waals surface area contributed by atoms with Crippen LogP contribution in [-0.2, 0) is 9.59 Å². The molecule has 0 spiro atoms. The lowest BCUT2D eigenvalue weighted by molar-refractivity contribution is -0.123. The summed E-state index contributed by atoms with van der Waals surface area (Å²) >= 11 is 0. The Labute approximate surface area is 122 Å². The minimum absolute atomic E-state index is 0.00875. The highest BCUT2D eigenvalue weighted by atomic mass is 16.3. The molecule has 1 aromatic rings. The molecule has 21 heavy (non-hydrogen) atoms. The minimum Gasteiger partial charge on any atom is -0.507 e. The van der Waals surface area contributed by atoms with E-state index in [1.54, 1.807) is 12.3 Å². The van der Waals surface area contributed by atoms with E-state index < -0.39 is 5.91 Å². The molecule has 0 atom stereocenters. The summed E-state index contributed by atoms with van der Waals surface area (Å²) in [5, 5.41) is 9.90. The molecule has 1 amide bonds. The molecule has 1 saturated heterocycles. The highest BCUT2D eigenvalue weighted by Crippen LogP contribution is 2.16. The number of aliphatic hydroxyl groups excluding tert-OH is 1. The summed E-state index contributed by atoms with van der Waals surface area (Å²) < 4.78 is 0. The second-order valence-corrected chi connectivity index (χ2v) is 4.82. The molecule has 0 aliphatic carbocycles. The third-order valence-electron chi connectivity index (χ3n) is 3.04. The van der Waals surface area contributed by atoms with Gasteiger partial charge in [-0.1, -0.05) is 12.1 Å². The van der Waals surface area contributed by atoms with Crippen LogP contribution in [0.4, 0.5) is 0 Å². The van der Waals surface area contributed by atoms with E-state index in [9.17, 15) is 14.7 Å². The van der Waals surface area contributed by atoms with Crippen LogP contribution < -0.4 is 0 Å². The maximum Gasteiger partial charge on any atom is 0.261 e. The quantitative estimate of drug-likeness (QED) is 0.398. The molecule has 2 heterocycles. The number of hydrogen-bond acceptors (Lipinski definition) is 4. The third-order valence-corrected chi connectivity index (χ3v) is 3.04. The minimum atomic E-state index is -0.450. The predicted octanol–water partition coefficient (Wildman–Crippen LogP) is 1.89. The predicted molar refractivity (Wildman–Crippen MR) is 79.3 cm³/mol. The van der Waals surface area contributed by atoms with Crippen molar-refractivity contribution in [1.29, 1.82) is 0 Å². The Morgan fingerprint density at radius 1 is 1.33 bits per heavy atom. The zero-order valence-electron chi connectivity index (χ0n) is 11.9. The van der Waals surface area contributed by atoms with Gasteiger partial charge in [-0.05, 0) is 36.8 Å². The average Bonchev–Trinajstić information content (AvgIpc) is 2.71. The molecule has 1 aromatic heterocycles. The monoisotopic (exact) mass is 284 g/mol. The van der Waals surface area contributed by atoms with Gasteiger partial charge >= 0.3 is 0 Å². The first-order valence-corrected chi connectivity index (χ1v) is 6.48. The van der Waals surface area contributed by atoms with E-state index in [0.29, 0.717) is 0 Å². The standard InChI is InChI=1S/C16H16N2O3/c1-11(9-12-5-3-4-8-17-12)6-7-13(19)15-14(20)10-18(2)16(15)21/h3-9,19H,10H2,1-2H3/b7-6+,11-9+,15-13-. The van der Waals surface area contributed by atoms with Crippen LogP contribution in [0.3, 0.4) is 0 Å². The molecule has 5 heteroatoms. The normalized spacial score (nSPS) is 18.8. The lowest BCUT2D eigenvalue weighted by Crippen LogP contribution is -2.19. The summed E-state index contributed by atoms with van der Waals surface area (Å²) in [6.45, 7) is 1.85. The maximum absolute atomic E-state index is 11.7. The number of ketones is 1. The largest absolute Gasteiger partial charge is 0.507 e. The van der Waals surface area contributed by atoms with Gasteiger partial charge in [-0.15, -0.1) is 0 Å². The van der Waals surface area contributed by atoms with Gasteiger partial charge in [0, 0.05) is 13.2 Å². The van der Waals surface area contributed by atoms with E-state index in [-0.39, 0.29) is 23.7 Å². The molecule has 1 fully saturated rings. The highest BCUT2D eigenvalue weighted by molar-refractivity contribution is 6.25. The number of aromatic nitrogens is 1. The molecule has 0 bridgehead atoms. The molecule has 0 saturated carbocycles. The van der Waals surface area contributed by atoms with Crippen molar-refractivity contribution < 1.29 is 14.7 Å². The van der Waals surface area contributed by atoms with Crippen molar-refractivity contribution in [1.82, 2.24) is 9.88 Å². The van der Waals surface area contributed by atoms with Crippen LogP contribution in [0.2, 0.25) is 0 Å². The summed E-state index contributed by atoms with van der Waals surface area (Å²) in [5.41, 5.74) is 1.48. The zero-order valence-corrected chi connectivity index (χ0v) is 11.9. The van der Waals surface area contributed by atoms with Gasteiger partial charge in [-0.3, -0.25) is 14.6 Å². The summed E-state index contributed by atoms with van der Waals surface area (Å²) in [6.07, 6.45) is 6.52. The lowest BCUT2D eigenvalue weighted by atomic mass is 10.1. The van der Waals surface area contributed by atoms with E-state index >= 15 is 0 Å². The van der Waals surface area contributed by atoms with Crippen molar-refractivity contribution in [3.63, 3.8) is 0 Å². The van der Waals surface area contributed by atoms with Gasteiger partial charge < -0.3 is 10.0 Å². The van der Waals surface area contributed by atoms with Gasteiger partial charge in [0.1, 0.15) is 11.3 Å². The fourth-order valence-electron chi connectivity index (χ4n) is 1.97. The fourth-order valence-corrected chi connectivity index (χ4v) is 1.97.